The predicted molar refractivity (Wildman–Crippen MR) is 46.2 cm³/mol. The smallest absolute Gasteiger partial charge is 0.330 e. The van der Waals surface area contributed by atoms with Gasteiger partial charge in [-0.1, -0.05) is 0 Å². The van der Waals surface area contributed by atoms with Crippen molar-refractivity contribution in [3.8, 4) is 0 Å². The fourth-order valence-electron chi connectivity index (χ4n) is 0.533. The highest BCUT2D eigenvalue weighted by atomic mass is 16.5. The summed E-state index contributed by atoms with van der Waals surface area (Å²) in [5, 5.41) is 0. The topological polar surface area (TPSA) is 47.9 Å². The number of hydrogen-bond donors (Lipinski definition) is 0. The van der Waals surface area contributed by atoms with E-state index in [1.54, 1.807) is 13.8 Å². The summed E-state index contributed by atoms with van der Waals surface area (Å²) in [6.07, 6.45) is 1.28. The van der Waals surface area contributed by atoms with Crippen molar-refractivity contribution in [1.82, 2.24) is 0 Å². The Morgan fingerprint density at radius 1 is 1.50 bits per heavy atom. The van der Waals surface area contributed by atoms with Crippen LogP contribution in [0.15, 0.2) is 4.99 Å². The van der Waals surface area contributed by atoms with E-state index in [9.17, 15) is 4.79 Å². The molecule has 0 heterocycles. The maximum absolute atomic E-state index is 10.9. The minimum Gasteiger partial charge on any atom is -0.484 e. The fraction of sp³-hybridized carbons (Fsp3) is 0.750. The molecule has 0 aromatic carbocycles. The van der Waals surface area contributed by atoms with Gasteiger partial charge in [0.2, 0.25) is 0 Å². The van der Waals surface area contributed by atoms with Crippen molar-refractivity contribution < 1.29 is 14.3 Å². The molecule has 0 amide bonds. The van der Waals surface area contributed by atoms with Gasteiger partial charge in [-0.3, -0.25) is 0 Å². The zero-order valence-electron chi connectivity index (χ0n) is 7.74. The molecule has 0 aromatic heterocycles. The van der Waals surface area contributed by atoms with E-state index in [2.05, 4.69) is 4.99 Å². The van der Waals surface area contributed by atoms with E-state index in [-0.39, 0.29) is 5.97 Å². The van der Waals surface area contributed by atoms with E-state index in [1.165, 1.54) is 6.40 Å². The normalized spacial score (nSPS) is 12.9. The molecule has 0 saturated carbocycles. The van der Waals surface area contributed by atoms with E-state index >= 15 is 0 Å². The Hall–Kier alpha value is -1.06. The predicted octanol–water partition coefficient (Wildman–Crippen LogP) is 1.00. The molecule has 0 rings (SSSR count). The summed E-state index contributed by atoms with van der Waals surface area (Å²) in [5.41, 5.74) is 0. The van der Waals surface area contributed by atoms with Gasteiger partial charge in [0.05, 0.1) is 13.2 Å². The van der Waals surface area contributed by atoms with Gasteiger partial charge in [0.15, 0.2) is 6.40 Å². The zero-order chi connectivity index (χ0) is 9.40. The number of ether oxygens (including phenoxy) is 2. The molecule has 0 bridgehead atoms. The summed E-state index contributed by atoms with van der Waals surface area (Å²) in [6, 6.07) is -0.475. The molecular formula is C8H15NO3. The lowest BCUT2D eigenvalue weighted by molar-refractivity contribution is -0.144. The van der Waals surface area contributed by atoms with E-state index in [0.29, 0.717) is 13.2 Å². The highest BCUT2D eigenvalue weighted by molar-refractivity contribution is 5.76. The van der Waals surface area contributed by atoms with E-state index in [1.807, 2.05) is 6.92 Å². The molecule has 0 saturated heterocycles. The Kier molecular flexibility index (Phi) is 6.05. The summed E-state index contributed by atoms with van der Waals surface area (Å²) in [5.74, 6) is -0.326. The van der Waals surface area contributed by atoms with Crippen LogP contribution in [0.5, 0.6) is 0 Å². The van der Waals surface area contributed by atoms with Gasteiger partial charge in [0, 0.05) is 0 Å². The van der Waals surface area contributed by atoms with Gasteiger partial charge < -0.3 is 9.47 Å². The highest BCUT2D eigenvalue weighted by Crippen LogP contribution is 1.92. The summed E-state index contributed by atoms with van der Waals surface area (Å²) in [4.78, 5) is 14.8. The SMILES string of the molecule is CCO/C=N\C(C)C(=O)OCC. The number of nitrogens with zero attached hydrogens (tertiary/aromatic N) is 1. The second kappa shape index (κ2) is 6.64. The summed E-state index contributed by atoms with van der Waals surface area (Å²) >= 11 is 0. The van der Waals surface area contributed by atoms with Crippen molar-refractivity contribution in [3.63, 3.8) is 0 Å². The first-order valence-electron chi connectivity index (χ1n) is 4.02. The van der Waals surface area contributed by atoms with E-state index in [4.69, 9.17) is 9.47 Å². The average molecular weight is 173 g/mol. The number of esters is 1. The molecule has 0 aromatic rings. The minimum absolute atomic E-state index is 0.326. The van der Waals surface area contributed by atoms with E-state index in [0.717, 1.165) is 0 Å². The van der Waals surface area contributed by atoms with Crippen LogP contribution in [0.3, 0.4) is 0 Å². The van der Waals surface area contributed by atoms with Gasteiger partial charge >= 0.3 is 5.97 Å². The van der Waals surface area contributed by atoms with Gasteiger partial charge in [0.1, 0.15) is 6.04 Å². The second-order valence-corrected chi connectivity index (χ2v) is 2.14. The number of carbonyl (C=O) groups is 1. The standard InChI is InChI=1S/C8H15NO3/c1-4-11-6-9-7(3)8(10)12-5-2/h6-7H,4-5H2,1-3H3/b9-6-. The van der Waals surface area contributed by atoms with Gasteiger partial charge in [0.25, 0.3) is 0 Å². The first-order chi connectivity index (χ1) is 5.72. The first kappa shape index (κ1) is 10.9. The van der Waals surface area contributed by atoms with Crippen molar-refractivity contribution >= 4 is 12.4 Å². The van der Waals surface area contributed by atoms with Crippen LogP contribution in [-0.2, 0) is 14.3 Å². The third-order valence-corrected chi connectivity index (χ3v) is 1.15. The Morgan fingerprint density at radius 2 is 2.17 bits per heavy atom. The van der Waals surface area contributed by atoms with Crippen LogP contribution in [0, 0.1) is 0 Å². The maximum atomic E-state index is 10.9. The van der Waals surface area contributed by atoms with E-state index < -0.39 is 6.04 Å². The summed E-state index contributed by atoms with van der Waals surface area (Å²) in [6.45, 7) is 6.21. The molecule has 70 valence electrons. The van der Waals surface area contributed by atoms with Gasteiger partial charge in [-0.25, -0.2) is 9.79 Å². The first-order valence-corrected chi connectivity index (χ1v) is 4.02. The molecule has 0 aliphatic heterocycles. The molecule has 0 radical (unpaired) electrons. The third kappa shape index (κ3) is 4.71. The van der Waals surface area contributed by atoms with Crippen molar-refractivity contribution in [2.45, 2.75) is 26.8 Å². The van der Waals surface area contributed by atoms with Crippen LogP contribution in [0.1, 0.15) is 20.8 Å². The van der Waals surface area contributed by atoms with Crippen LogP contribution < -0.4 is 0 Å². The molecule has 1 unspecified atom stereocenters. The molecule has 4 heteroatoms. The van der Waals surface area contributed by atoms with Crippen LogP contribution in [0.2, 0.25) is 0 Å². The molecule has 0 aliphatic carbocycles. The molecule has 0 spiro atoms. The van der Waals surface area contributed by atoms with Crippen LogP contribution >= 0.6 is 0 Å². The van der Waals surface area contributed by atoms with Crippen molar-refractivity contribution in [3.05, 3.63) is 0 Å². The number of hydrogen-bond acceptors (Lipinski definition) is 4. The Bertz CT molecular complexity index is 156. The molecule has 4 nitrogen and oxygen atoms in total. The molecule has 1 atom stereocenters. The Labute approximate surface area is 72.6 Å². The quantitative estimate of drug-likeness (QED) is 0.354. The van der Waals surface area contributed by atoms with Gasteiger partial charge in [-0.2, -0.15) is 0 Å². The Morgan fingerprint density at radius 3 is 2.67 bits per heavy atom. The number of carbonyl (C=O) groups excluding carboxylic acids is 1. The molecule has 0 aliphatic rings. The molecule has 0 N–H and O–H groups in total. The van der Waals surface area contributed by atoms with Crippen molar-refractivity contribution in [1.29, 1.82) is 0 Å². The molecular weight excluding hydrogens is 158 g/mol. The van der Waals surface area contributed by atoms with Crippen molar-refractivity contribution in [2.24, 2.45) is 4.99 Å². The number of aliphatic imine (C=N–C) groups is 1. The lowest BCUT2D eigenvalue weighted by atomic mass is 10.4. The fourth-order valence-corrected chi connectivity index (χ4v) is 0.533. The molecule has 0 fully saturated rings. The summed E-state index contributed by atoms with van der Waals surface area (Å²) < 4.78 is 9.56. The molecule has 12 heavy (non-hydrogen) atoms. The van der Waals surface area contributed by atoms with Crippen molar-refractivity contribution in [2.75, 3.05) is 13.2 Å². The lowest BCUT2D eigenvalue weighted by Gasteiger charge is -2.04. The van der Waals surface area contributed by atoms with Crippen LogP contribution in [-0.4, -0.2) is 31.6 Å². The van der Waals surface area contributed by atoms with Crippen LogP contribution in [0.25, 0.3) is 0 Å². The minimum atomic E-state index is -0.475. The largest absolute Gasteiger partial charge is 0.484 e. The Balaban J connectivity index is 3.69. The van der Waals surface area contributed by atoms with Gasteiger partial charge in [-0.05, 0) is 20.8 Å². The monoisotopic (exact) mass is 173 g/mol. The highest BCUT2D eigenvalue weighted by Gasteiger charge is 2.10. The zero-order valence-corrected chi connectivity index (χ0v) is 7.74. The maximum Gasteiger partial charge on any atom is 0.330 e. The van der Waals surface area contributed by atoms with Crippen LogP contribution in [0.4, 0.5) is 0 Å². The van der Waals surface area contributed by atoms with Gasteiger partial charge in [-0.15, -0.1) is 0 Å². The number of rotatable bonds is 5. The lowest BCUT2D eigenvalue weighted by Crippen LogP contribution is -2.18. The average Bonchev–Trinajstić information content (AvgIpc) is 2.05. The third-order valence-electron chi connectivity index (χ3n) is 1.15. The second-order valence-electron chi connectivity index (χ2n) is 2.14. The summed E-state index contributed by atoms with van der Waals surface area (Å²) in [7, 11) is 0.